The van der Waals surface area contributed by atoms with Crippen LogP contribution in [0.15, 0.2) is 53.1 Å². The molecule has 2 aromatic carbocycles. The molecule has 0 aliphatic carbocycles. The van der Waals surface area contributed by atoms with E-state index in [-0.39, 0.29) is 12.5 Å². The van der Waals surface area contributed by atoms with Crippen molar-refractivity contribution in [2.24, 2.45) is 0 Å². The van der Waals surface area contributed by atoms with Gasteiger partial charge in [0.2, 0.25) is 17.6 Å². The molecule has 0 bridgehead atoms. The zero-order valence-corrected chi connectivity index (χ0v) is 15.9. The highest BCUT2D eigenvalue weighted by Crippen LogP contribution is 2.20. The van der Waals surface area contributed by atoms with E-state index in [1.165, 1.54) is 0 Å². The van der Waals surface area contributed by atoms with Crippen LogP contribution in [0.4, 0.5) is 5.69 Å². The van der Waals surface area contributed by atoms with Gasteiger partial charge in [0.15, 0.2) is 6.61 Å². The summed E-state index contributed by atoms with van der Waals surface area (Å²) in [5, 5.41) is 15.3. The van der Waals surface area contributed by atoms with Crippen molar-refractivity contribution >= 4 is 11.6 Å². The lowest BCUT2D eigenvalue weighted by atomic mass is 10.2. The standard InChI is InChI=1S/C21H20N4O4/c1-27-17-9-5-15(6-10-17)21-24-20(29-25-21)4-2-3-19(26)23-16-7-11-18(12-8-16)28-14-13-22/h5-12H,2-4,14H2,1H3,(H,23,26). The average molecular weight is 392 g/mol. The van der Waals surface area contributed by atoms with E-state index in [9.17, 15) is 4.79 Å². The summed E-state index contributed by atoms with van der Waals surface area (Å²) in [6.07, 6.45) is 1.42. The van der Waals surface area contributed by atoms with Gasteiger partial charge in [-0.25, -0.2) is 0 Å². The zero-order valence-electron chi connectivity index (χ0n) is 15.9. The largest absolute Gasteiger partial charge is 0.497 e. The SMILES string of the molecule is COc1ccc(-c2noc(CCCC(=O)Nc3ccc(OCC#N)cc3)n2)cc1. The minimum Gasteiger partial charge on any atom is -0.497 e. The number of amides is 1. The van der Waals surface area contributed by atoms with Gasteiger partial charge in [0.1, 0.15) is 17.6 Å². The predicted octanol–water partition coefficient (Wildman–Crippen LogP) is 3.61. The van der Waals surface area contributed by atoms with E-state index in [0.29, 0.717) is 42.4 Å². The maximum atomic E-state index is 12.1. The number of benzene rings is 2. The zero-order chi connectivity index (χ0) is 20.5. The number of carbonyl (C=O) groups excluding carboxylic acids is 1. The Morgan fingerprint density at radius 1 is 1.14 bits per heavy atom. The summed E-state index contributed by atoms with van der Waals surface area (Å²) >= 11 is 0. The highest BCUT2D eigenvalue weighted by molar-refractivity contribution is 5.90. The predicted molar refractivity (Wildman–Crippen MR) is 105 cm³/mol. The molecule has 1 aromatic heterocycles. The third-order valence-electron chi connectivity index (χ3n) is 4.05. The number of aryl methyl sites for hydroxylation is 1. The maximum Gasteiger partial charge on any atom is 0.226 e. The first kappa shape index (κ1) is 19.9. The lowest BCUT2D eigenvalue weighted by Crippen LogP contribution is -2.11. The Bertz CT molecular complexity index is 975. The average Bonchev–Trinajstić information content (AvgIpc) is 3.22. The van der Waals surface area contributed by atoms with E-state index in [2.05, 4.69) is 15.5 Å². The van der Waals surface area contributed by atoms with Gasteiger partial charge in [-0.15, -0.1) is 0 Å². The Morgan fingerprint density at radius 3 is 2.55 bits per heavy atom. The fourth-order valence-electron chi connectivity index (χ4n) is 2.59. The van der Waals surface area contributed by atoms with Gasteiger partial charge in [0.05, 0.1) is 7.11 Å². The van der Waals surface area contributed by atoms with Crippen LogP contribution in [0.1, 0.15) is 18.7 Å². The van der Waals surface area contributed by atoms with E-state index in [1.54, 1.807) is 31.4 Å². The number of ether oxygens (including phenoxy) is 2. The summed E-state index contributed by atoms with van der Waals surface area (Å²) < 4.78 is 15.6. The molecule has 0 saturated carbocycles. The maximum absolute atomic E-state index is 12.1. The summed E-state index contributed by atoms with van der Waals surface area (Å²) in [5.41, 5.74) is 1.50. The number of nitrogens with one attached hydrogen (secondary N) is 1. The topological polar surface area (TPSA) is 110 Å². The highest BCUT2D eigenvalue weighted by atomic mass is 16.5. The van der Waals surface area contributed by atoms with E-state index < -0.39 is 0 Å². The molecule has 0 unspecified atom stereocenters. The van der Waals surface area contributed by atoms with E-state index in [0.717, 1.165) is 11.3 Å². The molecule has 3 aromatic rings. The van der Waals surface area contributed by atoms with Gasteiger partial charge in [0.25, 0.3) is 0 Å². The minimum absolute atomic E-state index is 0.0123. The molecule has 29 heavy (non-hydrogen) atoms. The van der Waals surface area contributed by atoms with Gasteiger partial charge >= 0.3 is 0 Å². The van der Waals surface area contributed by atoms with Crippen molar-refractivity contribution in [3.63, 3.8) is 0 Å². The van der Waals surface area contributed by atoms with E-state index in [1.807, 2.05) is 30.3 Å². The van der Waals surface area contributed by atoms with Crippen molar-refractivity contribution in [2.75, 3.05) is 19.0 Å². The van der Waals surface area contributed by atoms with Crippen LogP contribution in [0.25, 0.3) is 11.4 Å². The van der Waals surface area contributed by atoms with Gasteiger partial charge in [-0.1, -0.05) is 5.16 Å². The molecule has 0 fully saturated rings. The number of nitriles is 1. The summed E-state index contributed by atoms with van der Waals surface area (Å²) in [6, 6.07) is 16.1. The molecule has 0 radical (unpaired) electrons. The van der Waals surface area contributed by atoms with Crippen LogP contribution in [-0.2, 0) is 11.2 Å². The van der Waals surface area contributed by atoms with Crippen molar-refractivity contribution in [1.29, 1.82) is 5.26 Å². The Balaban J connectivity index is 1.44. The Kier molecular flexibility index (Phi) is 6.79. The van der Waals surface area contributed by atoms with Crippen molar-refractivity contribution in [1.82, 2.24) is 10.1 Å². The number of hydrogen-bond acceptors (Lipinski definition) is 7. The third-order valence-corrected chi connectivity index (χ3v) is 4.05. The number of methoxy groups -OCH3 is 1. The second kappa shape index (κ2) is 9.90. The summed E-state index contributed by atoms with van der Waals surface area (Å²) in [4.78, 5) is 16.4. The van der Waals surface area contributed by atoms with Gasteiger partial charge < -0.3 is 19.3 Å². The first-order chi connectivity index (χ1) is 14.2. The second-order valence-corrected chi connectivity index (χ2v) is 6.11. The Hall–Kier alpha value is -3.86. The highest BCUT2D eigenvalue weighted by Gasteiger charge is 2.10. The summed E-state index contributed by atoms with van der Waals surface area (Å²) in [7, 11) is 1.61. The normalized spacial score (nSPS) is 10.2. The van der Waals surface area contributed by atoms with Gasteiger partial charge in [-0.3, -0.25) is 4.79 Å². The number of hydrogen-bond donors (Lipinski definition) is 1. The van der Waals surface area contributed by atoms with Crippen LogP contribution in [0.2, 0.25) is 0 Å². The van der Waals surface area contributed by atoms with Crippen molar-refractivity contribution in [3.8, 4) is 29.0 Å². The molecule has 8 nitrogen and oxygen atoms in total. The molecule has 8 heteroatoms. The molecule has 1 heterocycles. The molecule has 0 atom stereocenters. The van der Waals surface area contributed by atoms with Gasteiger partial charge in [-0.05, 0) is 55.0 Å². The molecule has 0 saturated heterocycles. The first-order valence-corrected chi connectivity index (χ1v) is 9.04. The van der Waals surface area contributed by atoms with Crippen molar-refractivity contribution in [2.45, 2.75) is 19.3 Å². The fraction of sp³-hybridized carbons (Fsp3) is 0.238. The van der Waals surface area contributed by atoms with Crippen molar-refractivity contribution < 1.29 is 18.8 Å². The number of rotatable bonds is 9. The number of nitrogens with zero attached hydrogens (tertiary/aromatic N) is 3. The number of carbonyl (C=O) groups is 1. The van der Waals surface area contributed by atoms with E-state index >= 15 is 0 Å². The number of anilines is 1. The van der Waals surface area contributed by atoms with Gasteiger partial charge in [-0.2, -0.15) is 10.2 Å². The lowest BCUT2D eigenvalue weighted by molar-refractivity contribution is -0.116. The molecule has 0 spiro atoms. The van der Waals surface area contributed by atoms with Crippen LogP contribution in [-0.4, -0.2) is 29.8 Å². The van der Waals surface area contributed by atoms with Crippen LogP contribution in [0, 0.1) is 11.3 Å². The lowest BCUT2D eigenvalue weighted by Gasteiger charge is -2.06. The quantitative estimate of drug-likeness (QED) is 0.592. The van der Waals surface area contributed by atoms with Crippen LogP contribution in [0.3, 0.4) is 0 Å². The molecule has 0 aliphatic heterocycles. The molecule has 3 rings (SSSR count). The minimum atomic E-state index is -0.106. The third kappa shape index (κ3) is 5.81. The molecular formula is C21H20N4O4. The molecular weight excluding hydrogens is 372 g/mol. The molecule has 1 N–H and O–H groups in total. The van der Waals surface area contributed by atoms with Crippen LogP contribution in [0.5, 0.6) is 11.5 Å². The van der Waals surface area contributed by atoms with E-state index in [4.69, 9.17) is 19.3 Å². The number of aromatic nitrogens is 2. The Labute approximate surface area is 168 Å². The van der Waals surface area contributed by atoms with Crippen molar-refractivity contribution in [3.05, 3.63) is 54.4 Å². The molecule has 0 aliphatic rings. The monoisotopic (exact) mass is 392 g/mol. The summed E-state index contributed by atoms with van der Waals surface area (Å²) in [5.74, 6) is 2.22. The Morgan fingerprint density at radius 2 is 1.86 bits per heavy atom. The van der Waals surface area contributed by atoms with Gasteiger partial charge in [0, 0.05) is 24.1 Å². The molecule has 148 valence electrons. The first-order valence-electron chi connectivity index (χ1n) is 9.04. The molecule has 1 amide bonds. The smallest absolute Gasteiger partial charge is 0.226 e. The van der Waals surface area contributed by atoms with Crippen LogP contribution >= 0.6 is 0 Å². The second-order valence-electron chi connectivity index (χ2n) is 6.11. The van der Waals surface area contributed by atoms with Crippen LogP contribution < -0.4 is 14.8 Å². The summed E-state index contributed by atoms with van der Waals surface area (Å²) in [6.45, 7) is -0.0123. The fourth-order valence-corrected chi connectivity index (χ4v) is 2.59.